The maximum Gasteiger partial charge on any atom is 0.490 e. The molecule has 2 aromatic carbocycles. The molecule has 0 saturated carbocycles. The van der Waals surface area contributed by atoms with Crippen molar-refractivity contribution in [2.24, 2.45) is 22.8 Å². The zero-order valence-corrected chi connectivity index (χ0v) is 45.2. The van der Waals surface area contributed by atoms with Crippen LogP contribution in [-0.4, -0.2) is 163 Å². The first kappa shape index (κ1) is 71.3. The lowest BCUT2D eigenvalue weighted by Gasteiger charge is -2.41. The van der Waals surface area contributed by atoms with Gasteiger partial charge in [-0.05, 0) is 67.6 Å². The third kappa shape index (κ3) is 31.0. The van der Waals surface area contributed by atoms with Crippen molar-refractivity contribution in [1.82, 2.24) is 14.8 Å². The molecular formula is C52H73F8N5O13S. The van der Waals surface area contributed by atoms with Crippen molar-refractivity contribution in [3.63, 3.8) is 0 Å². The molecular weight excluding hydrogens is 1090 g/mol. The van der Waals surface area contributed by atoms with Gasteiger partial charge in [-0.3, -0.25) is 19.2 Å². The number of thioether (sulfide) groups is 1. The molecule has 0 aliphatic carbocycles. The summed E-state index contributed by atoms with van der Waals surface area (Å²) in [5.74, 6) is -9.27. The van der Waals surface area contributed by atoms with E-state index in [4.69, 9.17) is 50.2 Å². The van der Waals surface area contributed by atoms with Crippen LogP contribution < -0.4 is 16.8 Å². The highest BCUT2D eigenvalue weighted by atomic mass is 32.2. The molecule has 0 saturated heterocycles. The number of rotatable bonds is 35. The highest BCUT2D eigenvalue weighted by Gasteiger charge is 2.39. The van der Waals surface area contributed by atoms with Crippen LogP contribution in [0.1, 0.15) is 83.0 Å². The average molecular weight is 1160 g/mol. The predicted molar refractivity (Wildman–Crippen MR) is 277 cm³/mol. The quantitative estimate of drug-likeness (QED) is 0.0246. The van der Waals surface area contributed by atoms with Crippen molar-refractivity contribution >= 4 is 47.3 Å². The molecule has 2 atom stereocenters. The first-order valence-electron chi connectivity index (χ1n) is 25.0. The van der Waals surface area contributed by atoms with Gasteiger partial charge in [0.05, 0.1) is 70.6 Å². The number of nitrogens with zero attached hydrogens (tertiary/aromatic N) is 2. The molecule has 27 heteroatoms. The summed E-state index contributed by atoms with van der Waals surface area (Å²) in [5, 5.41) is 27.1. The molecule has 1 aromatic heterocycles. The predicted octanol–water partition coefficient (Wildman–Crippen LogP) is 7.50. The maximum absolute atomic E-state index is 15.1. The molecule has 79 heavy (non-hydrogen) atoms. The highest BCUT2D eigenvalue weighted by Crippen LogP contribution is 2.41. The lowest BCUT2D eigenvalue weighted by Crippen LogP contribution is -2.44. The van der Waals surface area contributed by atoms with Gasteiger partial charge >= 0.3 is 30.3 Å². The summed E-state index contributed by atoms with van der Waals surface area (Å²) < 4.78 is 117. The fourth-order valence-electron chi connectivity index (χ4n) is 7.14. The van der Waals surface area contributed by atoms with Crippen LogP contribution >= 0.6 is 11.8 Å². The summed E-state index contributed by atoms with van der Waals surface area (Å²) in [6, 6.07) is 14.3. The van der Waals surface area contributed by atoms with Crippen LogP contribution in [0.3, 0.4) is 0 Å². The number of unbranched alkanes of at least 4 members (excludes halogenated alkanes) is 2. The van der Waals surface area contributed by atoms with Crippen LogP contribution in [0.5, 0.6) is 0 Å². The Morgan fingerprint density at radius 2 is 1.25 bits per heavy atom. The molecule has 0 bridgehead atoms. The number of aromatic nitrogens is 1. The Hall–Kier alpha value is -5.71. The van der Waals surface area contributed by atoms with Crippen LogP contribution in [0.25, 0.3) is 11.1 Å². The molecule has 8 N–H and O–H groups in total. The minimum atomic E-state index is -5.08. The van der Waals surface area contributed by atoms with Crippen LogP contribution in [0.2, 0.25) is 0 Å². The van der Waals surface area contributed by atoms with Gasteiger partial charge in [-0.2, -0.15) is 38.1 Å². The van der Waals surface area contributed by atoms with E-state index in [2.05, 4.69) is 5.32 Å². The summed E-state index contributed by atoms with van der Waals surface area (Å²) in [6.45, 7) is 10.8. The van der Waals surface area contributed by atoms with Gasteiger partial charge in [-0.25, -0.2) is 18.4 Å². The van der Waals surface area contributed by atoms with Crippen molar-refractivity contribution in [1.29, 1.82) is 0 Å². The van der Waals surface area contributed by atoms with E-state index in [0.717, 1.165) is 60.5 Å². The number of carboxylic acid groups (broad SMARTS) is 3. The smallest absolute Gasteiger partial charge is 0.481 e. The first-order chi connectivity index (χ1) is 37.1. The second kappa shape index (κ2) is 38.0. The second-order valence-corrected chi connectivity index (χ2v) is 19.5. The average Bonchev–Trinajstić information content (AvgIpc) is 3.81. The van der Waals surface area contributed by atoms with E-state index in [0.29, 0.717) is 90.8 Å². The summed E-state index contributed by atoms with van der Waals surface area (Å²) >= 11 is 1.15. The Kier molecular flexibility index (Phi) is 34.3. The SMILES string of the molecule is CC(C)(C)[C@H](c1cc(-c2cc(F)ccc2F)cn1Cc1ccccc1)N(CCCN)C(=O)CSC[C@H](CC(=O)CCOCCOCCOCCOCCNC(=O)CCCCCN)C(=O)O.O=C(O)C(F)(F)F.O=C(O)C(F)(F)F. The van der Waals surface area contributed by atoms with Gasteiger partial charge in [-0.15, -0.1) is 0 Å². The van der Waals surface area contributed by atoms with Crippen molar-refractivity contribution in [3.8, 4) is 11.1 Å². The molecule has 0 spiro atoms. The van der Waals surface area contributed by atoms with Crippen LogP contribution in [0, 0.1) is 23.0 Å². The normalized spacial score (nSPS) is 12.3. The Bertz CT molecular complexity index is 2260. The van der Waals surface area contributed by atoms with Gasteiger partial charge in [0.2, 0.25) is 11.8 Å². The molecule has 3 aromatic rings. The van der Waals surface area contributed by atoms with E-state index in [9.17, 15) is 55.0 Å². The largest absolute Gasteiger partial charge is 0.490 e. The molecule has 3 rings (SSSR count). The van der Waals surface area contributed by atoms with E-state index in [-0.39, 0.29) is 60.7 Å². The Balaban J connectivity index is 0.00000196. The minimum absolute atomic E-state index is 0.0115. The van der Waals surface area contributed by atoms with Crippen molar-refractivity contribution in [2.45, 2.75) is 90.7 Å². The third-order valence-corrected chi connectivity index (χ3v) is 12.0. The van der Waals surface area contributed by atoms with E-state index >= 15 is 4.39 Å². The maximum atomic E-state index is 15.1. The number of Topliss-reactive ketones (excluding diaryl/α,β-unsaturated/α-hetero) is 1. The molecule has 0 radical (unpaired) electrons. The van der Waals surface area contributed by atoms with Gasteiger partial charge in [0.25, 0.3) is 0 Å². The number of hydrogen-bond donors (Lipinski definition) is 6. The molecule has 18 nitrogen and oxygen atoms in total. The number of hydrogen-bond acceptors (Lipinski definition) is 13. The number of nitrogens with two attached hydrogens (primary N) is 2. The molecule has 0 unspecified atom stereocenters. The Labute approximate surface area is 457 Å². The van der Waals surface area contributed by atoms with Gasteiger partial charge in [-0.1, -0.05) is 57.5 Å². The van der Waals surface area contributed by atoms with Gasteiger partial charge in [0.1, 0.15) is 17.4 Å². The molecule has 0 fully saturated rings. The lowest BCUT2D eigenvalue weighted by atomic mass is 9.83. The molecule has 446 valence electrons. The first-order valence-corrected chi connectivity index (χ1v) is 26.2. The molecule has 1 heterocycles. The zero-order valence-electron chi connectivity index (χ0n) is 44.4. The number of benzene rings is 2. The number of carbonyl (C=O) groups is 6. The number of carbonyl (C=O) groups excluding carboxylic acids is 3. The Morgan fingerprint density at radius 3 is 1.77 bits per heavy atom. The van der Waals surface area contributed by atoms with Crippen molar-refractivity contribution < 1.29 is 98.2 Å². The van der Waals surface area contributed by atoms with E-state index in [1.807, 2.05) is 61.7 Å². The van der Waals surface area contributed by atoms with Crippen molar-refractivity contribution in [2.75, 3.05) is 90.5 Å². The van der Waals surface area contributed by atoms with E-state index in [1.165, 1.54) is 0 Å². The number of alkyl halides is 6. The summed E-state index contributed by atoms with van der Waals surface area (Å²) in [4.78, 5) is 70.5. The molecule has 2 amide bonds. The molecule has 0 aliphatic rings. The molecule has 0 aliphatic heterocycles. The number of nitrogens with one attached hydrogen (secondary N) is 1. The standard InChI is InChI=1S/C48H71F2N5O9S.2C2HF3O2/c1-48(2,3)46(43-30-37(41-31-39(49)14-15-42(41)50)33-54(43)32-36-11-6-4-7-12-36)55(20-10-18-52)45(58)35-65-34-38(47(59)60)29-40(56)16-21-61-23-25-63-27-28-64-26-24-62-22-19-53-44(57)13-8-5-9-17-51;2*3-2(4,5)1(6)7/h4,6-7,11-12,14-15,30-31,33,38,46H,5,8-10,13,16-29,32,34-35,51-52H2,1-3H3,(H,53,57)(H,59,60);2*(H,6,7)/t38-,46-;;/m0../s1. The number of ether oxygens (including phenoxy) is 4. The summed E-state index contributed by atoms with van der Waals surface area (Å²) in [5.41, 5.74) is 13.1. The van der Waals surface area contributed by atoms with Crippen LogP contribution in [0.15, 0.2) is 60.8 Å². The third-order valence-electron chi connectivity index (χ3n) is 10.9. The Morgan fingerprint density at radius 1 is 0.709 bits per heavy atom. The highest BCUT2D eigenvalue weighted by molar-refractivity contribution is 7.99. The number of halogens is 8. The topological polar surface area (TPSA) is 272 Å². The number of carboxylic acids is 3. The lowest BCUT2D eigenvalue weighted by molar-refractivity contribution is -0.193. The number of aliphatic carboxylic acids is 3. The van der Waals surface area contributed by atoms with Crippen molar-refractivity contribution in [3.05, 3.63) is 83.7 Å². The fourth-order valence-corrected chi connectivity index (χ4v) is 8.15. The second-order valence-electron chi connectivity index (χ2n) is 18.4. The van der Waals surface area contributed by atoms with Gasteiger partial charge < -0.3 is 60.5 Å². The monoisotopic (exact) mass is 1160 g/mol. The fraction of sp³-hybridized carbons (Fsp3) is 0.577. The minimum Gasteiger partial charge on any atom is -0.481 e. The summed E-state index contributed by atoms with van der Waals surface area (Å²) in [7, 11) is 0. The number of ketones is 1. The number of amides is 2. The van der Waals surface area contributed by atoms with E-state index < -0.39 is 59.3 Å². The van der Waals surface area contributed by atoms with Crippen LogP contribution in [-0.2, 0) is 54.3 Å². The van der Waals surface area contributed by atoms with Gasteiger partial charge in [0, 0.05) is 67.7 Å². The van der Waals surface area contributed by atoms with Crippen LogP contribution in [0.4, 0.5) is 35.1 Å². The van der Waals surface area contributed by atoms with E-state index in [1.54, 1.807) is 11.1 Å². The zero-order chi connectivity index (χ0) is 59.6. The van der Waals surface area contributed by atoms with Gasteiger partial charge in [0.15, 0.2) is 0 Å². The summed E-state index contributed by atoms with van der Waals surface area (Å²) in [6.07, 6.45) is -4.84.